The molecule has 1 fully saturated rings. The molecule has 160 valence electrons. The first-order valence-corrected chi connectivity index (χ1v) is 12.4. The molecule has 6 nitrogen and oxygen atoms in total. The van der Waals surface area contributed by atoms with E-state index in [2.05, 4.69) is 41.5 Å². The number of aryl methyl sites for hydroxylation is 1. The Morgan fingerprint density at radius 2 is 1.90 bits per heavy atom. The third-order valence-electron chi connectivity index (χ3n) is 5.90. The van der Waals surface area contributed by atoms with E-state index in [-0.39, 0.29) is 6.04 Å². The van der Waals surface area contributed by atoms with Gasteiger partial charge in [-0.3, -0.25) is 4.98 Å². The molecule has 1 aliphatic rings. The van der Waals surface area contributed by atoms with Gasteiger partial charge in [0.25, 0.3) is 0 Å². The summed E-state index contributed by atoms with van der Waals surface area (Å²) in [4.78, 5) is 4.30. The Morgan fingerprint density at radius 3 is 2.58 bits per heavy atom. The van der Waals surface area contributed by atoms with E-state index in [9.17, 15) is 13.7 Å². The highest BCUT2D eigenvalue weighted by molar-refractivity contribution is 7.88. The molecule has 1 N–H and O–H groups in total. The van der Waals surface area contributed by atoms with Gasteiger partial charge in [0.15, 0.2) is 0 Å². The van der Waals surface area contributed by atoms with Crippen LogP contribution >= 0.6 is 0 Å². The maximum Gasteiger partial charge on any atom is 0.211 e. The average molecular weight is 435 g/mol. The number of nitriles is 1. The number of hydrogen-bond acceptors (Lipinski definition) is 5. The van der Waals surface area contributed by atoms with Crippen LogP contribution in [-0.2, 0) is 16.4 Å². The van der Waals surface area contributed by atoms with Gasteiger partial charge in [-0.05, 0) is 71.7 Å². The van der Waals surface area contributed by atoms with Gasteiger partial charge in [-0.15, -0.1) is 0 Å². The fourth-order valence-corrected chi connectivity index (χ4v) is 5.04. The number of aromatic nitrogens is 1. The number of nitrogens with one attached hydrogen (secondary N) is 1. The Balaban J connectivity index is 1.69. The van der Waals surface area contributed by atoms with Crippen LogP contribution in [0.1, 0.15) is 30.9 Å². The summed E-state index contributed by atoms with van der Waals surface area (Å²) in [5.74, 6) is 0. The van der Waals surface area contributed by atoms with Gasteiger partial charge in [-0.1, -0.05) is 13.0 Å². The lowest BCUT2D eigenvalue weighted by Crippen LogP contribution is -2.41. The molecule has 7 heteroatoms. The number of anilines is 1. The normalized spacial score (nSPS) is 15.6. The summed E-state index contributed by atoms with van der Waals surface area (Å²) >= 11 is 0. The average Bonchev–Trinajstić information content (AvgIpc) is 2.78. The molecule has 0 atom stereocenters. The van der Waals surface area contributed by atoms with Gasteiger partial charge in [0.1, 0.15) is 0 Å². The maximum absolute atomic E-state index is 11.8. The molecule has 2 heterocycles. The number of nitrogens with zero attached hydrogens (tertiary/aromatic N) is 3. The minimum Gasteiger partial charge on any atom is -0.382 e. The van der Waals surface area contributed by atoms with Gasteiger partial charge < -0.3 is 5.32 Å². The Labute approximate surface area is 183 Å². The zero-order chi connectivity index (χ0) is 22.0. The Bertz CT molecular complexity index is 1260. The molecule has 0 amide bonds. The lowest BCUT2D eigenvalue weighted by molar-refractivity contribution is 0.332. The van der Waals surface area contributed by atoms with Crippen molar-refractivity contribution >= 4 is 26.5 Å². The lowest BCUT2D eigenvalue weighted by Gasteiger charge is -2.31. The van der Waals surface area contributed by atoms with Crippen LogP contribution in [0.5, 0.6) is 0 Å². The highest BCUT2D eigenvalue weighted by Crippen LogP contribution is 2.33. The summed E-state index contributed by atoms with van der Waals surface area (Å²) in [5.41, 5.74) is 4.84. The molecule has 0 bridgehead atoms. The third kappa shape index (κ3) is 4.71. The number of pyridine rings is 1. The molecule has 31 heavy (non-hydrogen) atoms. The van der Waals surface area contributed by atoms with Crippen LogP contribution in [0, 0.1) is 11.3 Å². The number of hydrogen-bond donors (Lipinski definition) is 1. The molecule has 2 aromatic carbocycles. The van der Waals surface area contributed by atoms with E-state index in [4.69, 9.17) is 0 Å². The number of sulfonamides is 1. The minimum atomic E-state index is -3.14. The summed E-state index contributed by atoms with van der Waals surface area (Å²) in [5, 5.41) is 15.2. The van der Waals surface area contributed by atoms with E-state index < -0.39 is 10.0 Å². The van der Waals surface area contributed by atoms with E-state index in [1.165, 1.54) is 6.26 Å². The minimum absolute atomic E-state index is 0.188. The third-order valence-corrected chi connectivity index (χ3v) is 7.21. The molecule has 0 radical (unpaired) electrons. The number of rotatable bonds is 5. The van der Waals surface area contributed by atoms with Crippen molar-refractivity contribution in [2.75, 3.05) is 24.7 Å². The van der Waals surface area contributed by atoms with Crippen molar-refractivity contribution in [2.45, 2.75) is 32.2 Å². The standard InChI is InChI=1S/C24H26N4O2S/c1-3-17-10-18(15-25)12-20(11-17)21-13-19-4-7-26-16-23(19)24(14-21)27-22-5-8-28(9-6-22)31(2,29)30/h4,7,10-14,16,22,27H,3,5-6,8-9H2,1-2H3. The monoisotopic (exact) mass is 434 g/mol. The van der Waals surface area contributed by atoms with Gasteiger partial charge >= 0.3 is 0 Å². The highest BCUT2D eigenvalue weighted by atomic mass is 32.2. The molecule has 3 aromatic rings. The van der Waals surface area contributed by atoms with Crippen molar-refractivity contribution in [3.05, 3.63) is 59.9 Å². The van der Waals surface area contributed by atoms with Crippen molar-refractivity contribution in [1.82, 2.24) is 9.29 Å². The van der Waals surface area contributed by atoms with E-state index in [0.717, 1.165) is 52.4 Å². The first-order chi connectivity index (χ1) is 14.9. The Kier molecular flexibility index (Phi) is 5.94. The molecule has 0 unspecified atom stereocenters. The van der Waals surface area contributed by atoms with Gasteiger partial charge in [0, 0.05) is 42.6 Å². The van der Waals surface area contributed by atoms with Crippen LogP contribution < -0.4 is 5.32 Å². The van der Waals surface area contributed by atoms with Crippen molar-refractivity contribution in [1.29, 1.82) is 5.26 Å². The fraction of sp³-hybridized carbons (Fsp3) is 0.333. The van der Waals surface area contributed by atoms with Crippen LogP contribution in [-0.4, -0.2) is 43.1 Å². The number of piperidine rings is 1. The van der Waals surface area contributed by atoms with E-state index in [1.54, 1.807) is 10.5 Å². The summed E-state index contributed by atoms with van der Waals surface area (Å²) in [6, 6.07) is 14.7. The Hall–Kier alpha value is -2.95. The summed E-state index contributed by atoms with van der Waals surface area (Å²) in [7, 11) is -3.14. The first kappa shape index (κ1) is 21.3. The molecule has 0 aliphatic carbocycles. The van der Waals surface area contributed by atoms with E-state index in [0.29, 0.717) is 18.7 Å². The van der Waals surface area contributed by atoms with E-state index in [1.807, 2.05) is 24.4 Å². The quantitative estimate of drug-likeness (QED) is 0.651. The molecule has 0 spiro atoms. The predicted molar refractivity (Wildman–Crippen MR) is 124 cm³/mol. The van der Waals surface area contributed by atoms with Crippen LogP contribution in [0.4, 0.5) is 5.69 Å². The second-order valence-corrected chi connectivity index (χ2v) is 10.1. The summed E-state index contributed by atoms with van der Waals surface area (Å²) in [6.07, 6.45) is 7.28. The van der Waals surface area contributed by atoms with E-state index >= 15 is 0 Å². The second-order valence-electron chi connectivity index (χ2n) is 8.09. The maximum atomic E-state index is 11.8. The van der Waals surface area contributed by atoms with Gasteiger partial charge in [-0.2, -0.15) is 5.26 Å². The SMILES string of the molecule is CCc1cc(C#N)cc(-c2cc(NC3CCN(S(C)(=O)=O)CC3)c3cnccc3c2)c1. The van der Waals surface area contributed by atoms with Crippen LogP contribution in [0.2, 0.25) is 0 Å². The van der Waals surface area contributed by atoms with Gasteiger partial charge in [-0.25, -0.2) is 12.7 Å². The lowest BCUT2D eigenvalue weighted by atomic mass is 9.96. The molecular weight excluding hydrogens is 408 g/mol. The van der Waals surface area contributed by atoms with Crippen molar-refractivity contribution in [2.24, 2.45) is 0 Å². The molecule has 1 saturated heterocycles. The zero-order valence-corrected chi connectivity index (χ0v) is 18.6. The topological polar surface area (TPSA) is 86.1 Å². The van der Waals surface area contributed by atoms with Gasteiger partial charge in [0.05, 0.1) is 17.9 Å². The molecular formula is C24H26N4O2S. The fourth-order valence-electron chi connectivity index (χ4n) is 4.16. The second kappa shape index (κ2) is 8.66. The van der Waals surface area contributed by atoms with Crippen LogP contribution in [0.3, 0.4) is 0 Å². The summed E-state index contributed by atoms with van der Waals surface area (Å²) in [6.45, 7) is 3.13. The Morgan fingerprint density at radius 1 is 1.16 bits per heavy atom. The molecule has 0 saturated carbocycles. The smallest absolute Gasteiger partial charge is 0.211 e. The zero-order valence-electron chi connectivity index (χ0n) is 17.8. The number of fused-ring (bicyclic) bond motifs is 1. The largest absolute Gasteiger partial charge is 0.382 e. The number of benzene rings is 2. The van der Waals surface area contributed by atoms with Crippen molar-refractivity contribution in [3.8, 4) is 17.2 Å². The molecule has 1 aromatic heterocycles. The molecule has 4 rings (SSSR count). The van der Waals surface area contributed by atoms with Crippen molar-refractivity contribution < 1.29 is 8.42 Å². The summed E-state index contributed by atoms with van der Waals surface area (Å²) < 4.78 is 25.2. The van der Waals surface area contributed by atoms with Crippen LogP contribution in [0.15, 0.2) is 48.8 Å². The van der Waals surface area contributed by atoms with Crippen LogP contribution in [0.25, 0.3) is 21.9 Å². The van der Waals surface area contributed by atoms with Gasteiger partial charge in [0.2, 0.25) is 10.0 Å². The van der Waals surface area contributed by atoms with Crippen molar-refractivity contribution in [3.63, 3.8) is 0 Å². The molecule has 1 aliphatic heterocycles. The highest BCUT2D eigenvalue weighted by Gasteiger charge is 2.25. The first-order valence-electron chi connectivity index (χ1n) is 10.5. The predicted octanol–water partition coefficient (Wildman–Crippen LogP) is 4.17.